The van der Waals surface area contributed by atoms with Gasteiger partial charge in [-0.05, 0) is 30.0 Å². The number of hydrogen-bond acceptors (Lipinski definition) is 5. The Morgan fingerprint density at radius 1 is 1.26 bits per heavy atom. The van der Waals surface area contributed by atoms with Crippen LogP contribution in [0.2, 0.25) is 5.02 Å². The molecule has 9 nitrogen and oxygen atoms in total. The Hall–Kier alpha value is -3.09. The van der Waals surface area contributed by atoms with Gasteiger partial charge in [0.1, 0.15) is 0 Å². The van der Waals surface area contributed by atoms with Crippen LogP contribution in [-0.4, -0.2) is 50.3 Å². The molecule has 5 rings (SSSR count). The summed E-state index contributed by atoms with van der Waals surface area (Å²) < 4.78 is 43.4. The van der Waals surface area contributed by atoms with E-state index in [9.17, 15) is 22.8 Å². The number of fused-ring (bicyclic) bond motifs is 1. The van der Waals surface area contributed by atoms with E-state index in [0.29, 0.717) is 11.8 Å². The van der Waals surface area contributed by atoms with Crippen LogP contribution in [-0.2, 0) is 13.2 Å². The number of primary amides is 1. The lowest BCUT2D eigenvalue weighted by atomic mass is 10.1. The number of rotatable bonds is 5. The molecule has 3 aromatic rings. The van der Waals surface area contributed by atoms with E-state index in [-0.39, 0.29) is 57.7 Å². The number of halogens is 5. The summed E-state index contributed by atoms with van der Waals surface area (Å²) in [6, 6.07) is 4.40. The van der Waals surface area contributed by atoms with Gasteiger partial charge in [-0.2, -0.15) is 18.3 Å². The fourth-order valence-corrected chi connectivity index (χ4v) is 4.74. The fraction of sp³-hybridized carbons (Fsp3) is 0.333. The van der Waals surface area contributed by atoms with E-state index in [1.807, 2.05) is 0 Å². The van der Waals surface area contributed by atoms with Crippen LogP contribution in [0, 0.1) is 11.8 Å². The highest BCUT2D eigenvalue weighted by atomic mass is 35.5. The van der Waals surface area contributed by atoms with Gasteiger partial charge in [0.15, 0.2) is 11.5 Å². The third kappa shape index (κ3) is 4.37. The Morgan fingerprint density at radius 2 is 1.94 bits per heavy atom. The van der Waals surface area contributed by atoms with Gasteiger partial charge in [0.25, 0.3) is 11.8 Å². The first kappa shape index (κ1) is 25.0. The van der Waals surface area contributed by atoms with Gasteiger partial charge in [-0.25, -0.2) is 9.67 Å². The van der Waals surface area contributed by atoms with Crippen LogP contribution in [0.4, 0.5) is 13.2 Å². The molecule has 2 aromatic heterocycles. The molecule has 0 bridgehead atoms. The molecule has 2 aliphatic rings. The molecule has 0 radical (unpaired) electrons. The number of amides is 2. The Balaban J connectivity index is 0.00000289. The minimum Gasteiger partial charge on any atom is -0.363 e. The fourth-order valence-electron chi connectivity index (χ4n) is 4.48. The number of nitrogens with one attached hydrogen (secondary N) is 2. The van der Waals surface area contributed by atoms with Gasteiger partial charge in [0.2, 0.25) is 0 Å². The van der Waals surface area contributed by atoms with E-state index in [1.165, 1.54) is 29.8 Å². The first-order valence-corrected chi connectivity index (χ1v) is 10.7. The molecule has 1 aliphatic carbocycles. The van der Waals surface area contributed by atoms with E-state index in [2.05, 4.69) is 20.7 Å². The molecule has 3 heterocycles. The maximum atomic E-state index is 13.8. The van der Waals surface area contributed by atoms with Gasteiger partial charge in [-0.3, -0.25) is 9.59 Å². The molecular formula is C21H20Cl2F3N7O2. The van der Waals surface area contributed by atoms with E-state index < -0.39 is 17.8 Å². The summed E-state index contributed by atoms with van der Waals surface area (Å²) in [7, 11) is 1.38. The number of imidazole rings is 1. The monoisotopic (exact) mass is 529 g/mol. The molecule has 0 spiro atoms. The van der Waals surface area contributed by atoms with Crippen molar-refractivity contribution in [3.8, 4) is 16.9 Å². The third-order valence-corrected chi connectivity index (χ3v) is 6.63. The molecule has 1 aromatic carbocycles. The molecule has 2 amide bonds. The van der Waals surface area contributed by atoms with Crippen LogP contribution in [0.3, 0.4) is 0 Å². The maximum Gasteiger partial charge on any atom is 0.435 e. The average molecular weight is 530 g/mol. The lowest BCUT2D eigenvalue weighted by molar-refractivity contribution is -0.140. The number of nitrogens with two attached hydrogens (primary N) is 1. The van der Waals surface area contributed by atoms with Gasteiger partial charge >= 0.3 is 6.18 Å². The average Bonchev–Trinajstić information content (AvgIpc) is 3.23. The lowest BCUT2D eigenvalue weighted by Crippen LogP contribution is -2.32. The Bertz CT molecular complexity index is 1310. The smallest absolute Gasteiger partial charge is 0.363 e. The maximum absolute atomic E-state index is 13.8. The molecule has 2 unspecified atom stereocenters. The van der Waals surface area contributed by atoms with Crippen molar-refractivity contribution in [3.05, 3.63) is 52.7 Å². The van der Waals surface area contributed by atoms with Crippen molar-refractivity contribution in [1.82, 2.24) is 30.0 Å². The number of benzene rings is 1. The zero-order valence-electron chi connectivity index (χ0n) is 18.1. The topological polar surface area (TPSA) is 120 Å². The van der Waals surface area contributed by atoms with Gasteiger partial charge in [0, 0.05) is 32.4 Å². The summed E-state index contributed by atoms with van der Waals surface area (Å²) in [5.41, 5.74) is 4.23. The molecule has 2 atom stereocenters. The van der Waals surface area contributed by atoms with Crippen molar-refractivity contribution in [2.45, 2.75) is 12.2 Å². The Labute approximate surface area is 208 Å². The summed E-state index contributed by atoms with van der Waals surface area (Å²) in [6.45, 7) is 1.73. The van der Waals surface area contributed by atoms with E-state index in [1.54, 1.807) is 0 Å². The van der Waals surface area contributed by atoms with Crippen molar-refractivity contribution < 1.29 is 22.8 Å². The highest BCUT2D eigenvalue weighted by Gasteiger charge is 2.53. The summed E-state index contributed by atoms with van der Waals surface area (Å²) in [5.74, 6) is -0.548. The Morgan fingerprint density at radius 3 is 2.51 bits per heavy atom. The molecule has 1 aliphatic heterocycles. The van der Waals surface area contributed by atoms with Crippen molar-refractivity contribution in [2.24, 2.45) is 24.6 Å². The minimum atomic E-state index is -4.78. The molecule has 35 heavy (non-hydrogen) atoms. The zero-order valence-corrected chi connectivity index (χ0v) is 19.7. The largest absolute Gasteiger partial charge is 0.435 e. The van der Waals surface area contributed by atoms with Crippen LogP contribution in [0.15, 0.2) is 30.6 Å². The summed E-state index contributed by atoms with van der Waals surface area (Å²) in [4.78, 5) is 27.9. The minimum absolute atomic E-state index is 0. The predicted octanol–water partition coefficient (Wildman–Crippen LogP) is 2.41. The second kappa shape index (κ2) is 8.85. The number of carbonyl (C=O) groups excluding carboxylic acids is 2. The molecule has 1 saturated heterocycles. The summed E-state index contributed by atoms with van der Waals surface area (Å²) in [6.07, 6.45) is -2.49. The Kier molecular flexibility index (Phi) is 6.32. The van der Waals surface area contributed by atoms with Crippen LogP contribution >= 0.6 is 24.0 Å². The summed E-state index contributed by atoms with van der Waals surface area (Å²) in [5, 5.41) is 10.00. The van der Waals surface area contributed by atoms with Crippen molar-refractivity contribution in [3.63, 3.8) is 0 Å². The second-order valence-corrected chi connectivity index (χ2v) is 8.78. The molecule has 186 valence electrons. The normalized spacial score (nSPS) is 20.8. The quantitative estimate of drug-likeness (QED) is 0.468. The SMILES string of the molecule is Cl.Cn1c(-c2cn(-c3ccc(C(=O)NC4C5CNCC54)c(Cl)c3)nc2C(F)(F)F)cnc1C(N)=O. The van der Waals surface area contributed by atoms with Gasteiger partial charge in [-0.15, -0.1) is 12.4 Å². The van der Waals surface area contributed by atoms with Crippen LogP contribution in [0.25, 0.3) is 16.9 Å². The number of piperidine rings is 1. The van der Waals surface area contributed by atoms with Crippen molar-refractivity contribution >= 4 is 35.8 Å². The van der Waals surface area contributed by atoms with E-state index >= 15 is 0 Å². The first-order chi connectivity index (χ1) is 16.1. The number of aromatic nitrogens is 4. The lowest BCUT2D eigenvalue weighted by Gasteiger charge is -2.10. The summed E-state index contributed by atoms with van der Waals surface area (Å²) >= 11 is 6.31. The number of carbonyl (C=O) groups is 2. The number of hydrogen-bond donors (Lipinski definition) is 3. The van der Waals surface area contributed by atoms with Crippen LogP contribution in [0.5, 0.6) is 0 Å². The second-order valence-electron chi connectivity index (χ2n) is 8.37. The number of nitrogens with zero attached hydrogens (tertiary/aromatic N) is 4. The van der Waals surface area contributed by atoms with Crippen molar-refractivity contribution in [1.29, 1.82) is 0 Å². The van der Waals surface area contributed by atoms with Gasteiger partial charge in [-0.1, -0.05) is 11.6 Å². The van der Waals surface area contributed by atoms with E-state index in [4.69, 9.17) is 17.3 Å². The molecule has 4 N–H and O–H groups in total. The van der Waals surface area contributed by atoms with Crippen molar-refractivity contribution in [2.75, 3.05) is 13.1 Å². The molecule has 2 fully saturated rings. The van der Waals surface area contributed by atoms with Gasteiger partial charge in [0.05, 0.1) is 33.7 Å². The van der Waals surface area contributed by atoms with Crippen LogP contribution < -0.4 is 16.4 Å². The van der Waals surface area contributed by atoms with Crippen LogP contribution in [0.1, 0.15) is 26.7 Å². The standard InChI is InChI=1S/C21H19ClF3N7O2.ClH/c1-31-15(7-28-19(31)18(26)33)13-8-32(30-17(13)21(23,24)25)9-2-3-10(14(22)4-9)20(34)29-16-11-5-27-6-12(11)16;/h2-4,7-8,11-12,16,27H,5-6H2,1H3,(H2,26,33)(H,29,34);1H. The predicted molar refractivity (Wildman–Crippen MR) is 123 cm³/mol. The first-order valence-electron chi connectivity index (χ1n) is 10.4. The molecule has 14 heteroatoms. The van der Waals surface area contributed by atoms with Gasteiger partial charge < -0.3 is 20.9 Å². The zero-order chi connectivity index (χ0) is 24.4. The highest BCUT2D eigenvalue weighted by molar-refractivity contribution is 6.34. The number of alkyl halides is 3. The molecule has 1 saturated carbocycles. The molecular weight excluding hydrogens is 510 g/mol. The highest BCUT2D eigenvalue weighted by Crippen LogP contribution is 2.42. The van der Waals surface area contributed by atoms with E-state index in [0.717, 1.165) is 30.2 Å². The third-order valence-electron chi connectivity index (χ3n) is 6.32.